The Balaban J connectivity index is 1.84. The third-order valence-corrected chi connectivity index (χ3v) is 3.64. The van der Waals surface area contributed by atoms with Crippen LogP contribution in [0.25, 0.3) is 0 Å². The molecule has 144 valence electrons. The number of carbonyl (C=O) groups excluding carboxylic acids is 2. The monoisotopic (exact) mass is 379 g/mol. The summed E-state index contributed by atoms with van der Waals surface area (Å²) in [5.41, 5.74) is 0.919. The summed E-state index contributed by atoms with van der Waals surface area (Å²) in [4.78, 5) is 25.5. The van der Waals surface area contributed by atoms with E-state index in [2.05, 4.69) is 10.6 Å². The summed E-state index contributed by atoms with van der Waals surface area (Å²) < 4.78 is 38.1. The van der Waals surface area contributed by atoms with E-state index in [0.29, 0.717) is 5.69 Å². The number of amides is 2. The summed E-state index contributed by atoms with van der Waals surface area (Å²) in [6.07, 6.45) is -4.48. The first-order chi connectivity index (χ1) is 12.6. The minimum Gasteiger partial charge on any atom is -0.325 e. The van der Waals surface area contributed by atoms with Gasteiger partial charge in [0.2, 0.25) is 11.8 Å². The summed E-state index contributed by atoms with van der Waals surface area (Å²) in [6, 6.07) is 11.7. The minimum absolute atomic E-state index is 0.0378. The van der Waals surface area contributed by atoms with Gasteiger partial charge in [0.25, 0.3) is 0 Å². The Hall–Kier alpha value is -2.87. The molecule has 0 unspecified atom stereocenters. The maximum Gasteiger partial charge on any atom is 0.416 e. The predicted molar refractivity (Wildman–Crippen MR) is 97.4 cm³/mol. The van der Waals surface area contributed by atoms with Crippen LogP contribution >= 0.6 is 0 Å². The van der Waals surface area contributed by atoms with Gasteiger partial charge in [-0.3, -0.25) is 14.5 Å². The second kappa shape index (κ2) is 8.68. The first-order valence-electron chi connectivity index (χ1n) is 8.15. The molecule has 0 bridgehead atoms. The zero-order valence-corrected chi connectivity index (χ0v) is 14.9. The Morgan fingerprint density at radius 1 is 0.926 bits per heavy atom. The van der Waals surface area contributed by atoms with E-state index in [4.69, 9.17) is 0 Å². The van der Waals surface area contributed by atoms with E-state index in [1.165, 1.54) is 17.0 Å². The zero-order chi connectivity index (χ0) is 20.0. The Morgan fingerprint density at radius 3 is 2.04 bits per heavy atom. The largest absolute Gasteiger partial charge is 0.416 e. The summed E-state index contributed by atoms with van der Waals surface area (Å²) in [5.74, 6) is -0.812. The third-order valence-electron chi connectivity index (χ3n) is 3.64. The molecule has 0 aliphatic heterocycles. The van der Waals surface area contributed by atoms with Crippen LogP contribution in [0, 0.1) is 6.92 Å². The number of nitrogens with zero attached hydrogens (tertiary/aromatic N) is 1. The van der Waals surface area contributed by atoms with Crippen molar-refractivity contribution in [2.75, 3.05) is 30.8 Å². The molecule has 2 aromatic carbocycles. The average molecular weight is 379 g/mol. The Labute approximate surface area is 155 Å². The maximum absolute atomic E-state index is 12.7. The number of hydrogen-bond donors (Lipinski definition) is 2. The number of carbonyl (C=O) groups is 2. The summed E-state index contributed by atoms with van der Waals surface area (Å²) >= 11 is 0. The topological polar surface area (TPSA) is 61.4 Å². The van der Waals surface area contributed by atoms with Crippen LogP contribution in [0.2, 0.25) is 0 Å². The van der Waals surface area contributed by atoms with Crippen molar-refractivity contribution in [1.29, 1.82) is 0 Å². The van der Waals surface area contributed by atoms with Crippen molar-refractivity contribution in [2.24, 2.45) is 0 Å². The number of halogens is 3. The molecule has 0 aromatic heterocycles. The van der Waals surface area contributed by atoms with Gasteiger partial charge in [0, 0.05) is 11.4 Å². The molecular formula is C19H20F3N3O2. The lowest BCUT2D eigenvalue weighted by Gasteiger charge is -2.16. The third kappa shape index (κ3) is 6.74. The van der Waals surface area contributed by atoms with Gasteiger partial charge in [0.05, 0.1) is 18.7 Å². The molecule has 27 heavy (non-hydrogen) atoms. The molecule has 5 nitrogen and oxygen atoms in total. The highest BCUT2D eigenvalue weighted by Crippen LogP contribution is 2.30. The van der Waals surface area contributed by atoms with Gasteiger partial charge in [-0.2, -0.15) is 13.2 Å². The van der Waals surface area contributed by atoms with Gasteiger partial charge >= 0.3 is 6.18 Å². The van der Waals surface area contributed by atoms with Gasteiger partial charge in [-0.25, -0.2) is 0 Å². The Bertz CT molecular complexity index is 805. The first-order valence-corrected chi connectivity index (χ1v) is 8.15. The van der Waals surface area contributed by atoms with Gasteiger partial charge in [0.1, 0.15) is 0 Å². The lowest BCUT2D eigenvalue weighted by molar-refractivity contribution is -0.137. The molecule has 0 saturated heterocycles. The van der Waals surface area contributed by atoms with E-state index >= 15 is 0 Å². The molecule has 0 radical (unpaired) electrons. The van der Waals surface area contributed by atoms with Crippen LogP contribution in [0.4, 0.5) is 24.5 Å². The number of aryl methyl sites for hydroxylation is 1. The van der Waals surface area contributed by atoms with Crippen LogP contribution < -0.4 is 10.6 Å². The Kier molecular flexibility index (Phi) is 6.57. The molecular weight excluding hydrogens is 359 g/mol. The second-order valence-corrected chi connectivity index (χ2v) is 6.21. The number of benzene rings is 2. The maximum atomic E-state index is 12.7. The molecule has 0 heterocycles. The summed E-state index contributed by atoms with van der Waals surface area (Å²) in [6.45, 7) is 1.75. The van der Waals surface area contributed by atoms with E-state index in [1.807, 2.05) is 19.1 Å². The van der Waals surface area contributed by atoms with Crippen LogP contribution in [0.3, 0.4) is 0 Å². The van der Waals surface area contributed by atoms with Crippen LogP contribution in [0.5, 0.6) is 0 Å². The number of alkyl halides is 3. The van der Waals surface area contributed by atoms with Crippen molar-refractivity contribution in [3.8, 4) is 0 Å². The van der Waals surface area contributed by atoms with Crippen molar-refractivity contribution < 1.29 is 22.8 Å². The Morgan fingerprint density at radius 2 is 1.48 bits per heavy atom. The number of likely N-dealkylation sites (N-methyl/N-ethyl adjacent to an activating group) is 1. The van der Waals surface area contributed by atoms with Crippen LogP contribution in [0.1, 0.15) is 11.1 Å². The number of hydrogen-bond acceptors (Lipinski definition) is 3. The molecule has 0 atom stereocenters. The highest BCUT2D eigenvalue weighted by Gasteiger charge is 2.30. The molecule has 0 aliphatic rings. The molecule has 0 spiro atoms. The summed E-state index contributed by atoms with van der Waals surface area (Å²) in [7, 11) is 1.57. The number of rotatable bonds is 6. The first kappa shape index (κ1) is 20.4. The predicted octanol–water partition coefficient (Wildman–Crippen LogP) is 3.52. The van der Waals surface area contributed by atoms with Gasteiger partial charge in [-0.05, 0) is 44.3 Å². The van der Waals surface area contributed by atoms with Crippen molar-refractivity contribution in [3.63, 3.8) is 0 Å². The van der Waals surface area contributed by atoms with Crippen molar-refractivity contribution >= 4 is 23.2 Å². The fraction of sp³-hybridized carbons (Fsp3) is 0.263. The second-order valence-electron chi connectivity index (χ2n) is 6.21. The lowest BCUT2D eigenvalue weighted by Crippen LogP contribution is -2.36. The fourth-order valence-corrected chi connectivity index (χ4v) is 2.36. The zero-order valence-electron chi connectivity index (χ0n) is 14.9. The van der Waals surface area contributed by atoms with Crippen LogP contribution in [-0.4, -0.2) is 36.9 Å². The fourth-order valence-electron chi connectivity index (χ4n) is 2.36. The minimum atomic E-state index is -4.48. The quantitative estimate of drug-likeness (QED) is 0.807. The van der Waals surface area contributed by atoms with E-state index < -0.39 is 17.6 Å². The molecule has 2 amide bonds. The van der Waals surface area contributed by atoms with Crippen LogP contribution in [0.15, 0.2) is 48.5 Å². The van der Waals surface area contributed by atoms with Crippen molar-refractivity contribution in [1.82, 2.24) is 4.90 Å². The molecule has 0 aliphatic carbocycles. The smallest absolute Gasteiger partial charge is 0.325 e. The van der Waals surface area contributed by atoms with Gasteiger partial charge in [-0.15, -0.1) is 0 Å². The van der Waals surface area contributed by atoms with Crippen molar-refractivity contribution in [3.05, 3.63) is 59.7 Å². The van der Waals surface area contributed by atoms with Crippen LogP contribution in [-0.2, 0) is 15.8 Å². The van der Waals surface area contributed by atoms with Crippen molar-refractivity contribution in [2.45, 2.75) is 13.1 Å². The molecule has 2 rings (SSSR count). The van der Waals surface area contributed by atoms with Gasteiger partial charge in [-0.1, -0.05) is 23.8 Å². The highest BCUT2D eigenvalue weighted by molar-refractivity contribution is 5.94. The molecule has 8 heteroatoms. The van der Waals surface area contributed by atoms with E-state index in [1.54, 1.807) is 19.2 Å². The summed E-state index contributed by atoms with van der Waals surface area (Å²) in [5, 5.41) is 5.11. The standard InChI is InChI=1S/C19H20F3N3O2/c1-13-6-8-15(9-7-13)23-17(26)11-25(2)12-18(27)24-16-5-3-4-14(10-16)19(20,21)22/h3-10H,11-12H2,1-2H3,(H,23,26)(H,24,27). The lowest BCUT2D eigenvalue weighted by atomic mass is 10.2. The molecule has 2 aromatic rings. The van der Waals surface area contributed by atoms with Gasteiger partial charge in [0.15, 0.2) is 0 Å². The van der Waals surface area contributed by atoms with E-state index in [9.17, 15) is 22.8 Å². The number of nitrogens with one attached hydrogen (secondary N) is 2. The number of anilines is 2. The highest BCUT2D eigenvalue weighted by atomic mass is 19.4. The SMILES string of the molecule is Cc1ccc(NC(=O)CN(C)CC(=O)Nc2cccc(C(F)(F)F)c2)cc1. The van der Waals surface area contributed by atoms with E-state index in [-0.39, 0.29) is 24.7 Å². The molecule has 0 saturated carbocycles. The molecule has 0 fully saturated rings. The van der Waals surface area contributed by atoms with E-state index in [0.717, 1.165) is 17.7 Å². The average Bonchev–Trinajstić information content (AvgIpc) is 2.56. The normalized spacial score (nSPS) is 11.3. The molecule has 2 N–H and O–H groups in total. The van der Waals surface area contributed by atoms with Gasteiger partial charge < -0.3 is 10.6 Å².